The van der Waals surface area contributed by atoms with Crippen LogP contribution in [-0.4, -0.2) is 29.1 Å². The third-order valence-electron chi connectivity index (χ3n) is 3.09. The van der Waals surface area contributed by atoms with E-state index in [1.165, 1.54) is 0 Å². The standard InChI is InChI=1S/C16H17ClN2O2/c17-15-7-6-13(18)10-14(15)16(21)19(8-9-20)11-12-4-2-1-3-5-12/h1-7,10,20H,8-9,11,18H2. The number of nitrogens with zero attached hydrogens (tertiary/aromatic N) is 1. The van der Waals surface area contributed by atoms with Crippen LogP contribution in [-0.2, 0) is 6.54 Å². The molecule has 2 aromatic carbocycles. The Balaban J connectivity index is 2.25. The van der Waals surface area contributed by atoms with Gasteiger partial charge in [0.1, 0.15) is 0 Å². The van der Waals surface area contributed by atoms with E-state index >= 15 is 0 Å². The molecular formula is C16H17ClN2O2. The van der Waals surface area contributed by atoms with Gasteiger partial charge < -0.3 is 15.7 Å². The molecule has 0 unspecified atom stereocenters. The Hall–Kier alpha value is -2.04. The molecule has 0 bridgehead atoms. The minimum absolute atomic E-state index is 0.113. The lowest BCUT2D eigenvalue weighted by molar-refractivity contribution is 0.0708. The fraction of sp³-hybridized carbons (Fsp3) is 0.188. The van der Waals surface area contributed by atoms with Gasteiger partial charge in [0.05, 0.1) is 17.2 Å². The summed E-state index contributed by atoms with van der Waals surface area (Å²) in [7, 11) is 0. The van der Waals surface area contributed by atoms with E-state index in [1.807, 2.05) is 30.3 Å². The normalized spacial score (nSPS) is 10.4. The lowest BCUT2D eigenvalue weighted by Gasteiger charge is -2.22. The fourth-order valence-corrected chi connectivity index (χ4v) is 2.25. The number of nitrogens with two attached hydrogens (primary N) is 1. The van der Waals surface area contributed by atoms with Crippen molar-refractivity contribution in [2.75, 3.05) is 18.9 Å². The van der Waals surface area contributed by atoms with Crippen molar-refractivity contribution in [2.45, 2.75) is 6.54 Å². The maximum atomic E-state index is 12.6. The van der Waals surface area contributed by atoms with Crippen molar-refractivity contribution in [3.8, 4) is 0 Å². The Bertz CT molecular complexity index is 617. The number of halogens is 1. The van der Waals surface area contributed by atoms with E-state index in [0.29, 0.717) is 22.8 Å². The zero-order valence-electron chi connectivity index (χ0n) is 11.5. The van der Waals surface area contributed by atoms with Gasteiger partial charge in [0, 0.05) is 18.8 Å². The largest absolute Gasteiger partial charge is 0.399 e. The van der Waals surface area contributed by atoms with Crippen LogP contribution in [0.15, 0.2) is 48.5 Å². The molecule has 0 aromatic heterocycles. The quantitative estimate of drug-likeness (QED) is 0.834. The first kappa shape index (κ1) is 15.4. The number of aliphatic hydroxyl groups is 1. The van der Waals surface area contributed by atoms with Crippen molar-refractivity contribution < 1.29 is 9.90 Å². The highest BCUT2D eigenvalue weighted by Gasteiger charge is 2.18. The molecule has 1 amide bonds. The highest BCUT2D eigenvalue weighted by Crippen LogP contribution is 2.21. The first-order valence-electron chi connectivity index (χ1n) is 6.61. The average molecular weight is 305 g/mol. The number of nitrogen functional groups attached to an aromatic ring is 1. The van der Waals surface area contributed by atoms with Crippen LogP contribution in [0.4, 0.5) is 5.69 Å². The predicted octanol–water partition coefficient (Wildman–Crippen LogP) is 2.56. The Morgan fingerprint density at radius 1 is 1.19 bits per heavy atom. The molecule has 0 aliphatic heterocycles. The second-order valence-corrected chi connectivity index (χ2v) is 5.08. The van der Waals surface area contributed by atoms with Crippen LogP contribution < -0.4 is 5.73 Å². The summed E-state index contributed by atoms with van der Waals surface area (Å²) in [5, 5.41) is 9.53. The van der Waals surface area contributed by atoms with Crippen molar-refractivity contribution in [1.29, 1.82) is 0 Å². The van der Waals surface area contributed by atoms with E-state index in [-0.39, 0.29) is 19.1 Å². The smallest absolute Gasteiger partial charge is 0.255 e. The van der Waals surface area contributed by atoms with Gasteiger partial charge in [-0.3, -0.25) is 4.79 Å². The highest BCUT2D eigenvalue weighted by atomic mass is 35.5. The molecule has 2 aromatic rings. The number of hydrogen-bond acceptors (Lipinski definition) is 3. The van der Waals surface area contributed by atoms with Gasteiger partial charge in [-0.1, -0.05) is 41.9 Å². The van der Waals surface area contributed by atoms with Gasteiger partial charge in [0.15, 0.2) is 0 Å². The molecule has 5 heteroatoms. The molecule has 0 heterocycles. The Labute approximate surface area is 128 Å². The van der Waals surface area contributed by atoms with E-state index in [1.54, 1.807) is 23.1 Å². The summed E-state index contributed by atoms with van der Waals surface area (Å²) in [5.74, 6) is -0.245. The van der Waals surface area contributed by atoms with Crippen LogP contribution >= 0.6 is 11.6 Å². The van der Waals surface area contributed by atoms with Crippen molar-refractivity contribution in [1.82, 2.24) is 4.90 Å². The minimum atomic E-state index is -0.245. The number of amides is 1. The van der Waals surface area contributed by atoms with Gasteiger partial charge >= 0.3 is 0 Å². The van der Waals surface area contributed by atoms with E-state index in [4.69, 9.17) is 17.3 Å². The third kappa shape index (κ3) is 3.97. The topological polar surface area (TPSA) is 66.6 Å². The molecule has 0 aliphatic rings. The maximum absolute atomic E-state index is 12.6. The summed E-state index contributed by atoms with van der Waals surface area (Å²) in [6.07, 6.45) is 0. The molecule has 3 N–H and O–H groups in total. The monoisotopic (exact) mass is 304 g/mol. The molecule has 2 rings (SSSR count). The van der Waals surface area contributed by atoms with Gasteiger partial charge in [0.25, 0.3) is 5.91 Å². The van der Waals surface area contributed by atoms with Gasteiger partial charge in [-0.05, 0) is 23.8 Å². The second kappa shape index (κ2) is 7.11. The number of anilines is 1. The molecule has 110 valence electrons. The van der Waals surface area contributed by atoms with Crippen molar-refractivity contribution >= 4 is 23.2 Å². The number of rotatable bonds is 5. The number of carbonyl (C=O) groups is 1. The van der Waals surface area contributed by atoms with E-state index < -0.39 is 0 Å². The molecule has 0 aliphatic carbocycles. The summed E-state index contributed by atoms with van der Waals surface area (Å²) in [6, 6.07) is 14.4. The third-order valence-corrected chi connectivity index (χ3v) is 3.42. The van der Waals surface area contributed by atoms with Crippen molar-refractivity contribution in [2.24, 2.45) is 0 Å². The molecule has 0 spiro atoms. The summed E-state index contributed by atoms with van der Waals surface area (Å²) in [5.41, 5.74) is 7.53. The lowest BCUT2D eigenvalue weighted by atomic mass is 10.1. The molecule has 4 nitrogen and oxygen atoms in total. The number of hydrogen-bond donors (Lipinski definition) is 2. The van der Waals surface area contributed by atoms with Gasteiger partial charge in [-0.15, -0.1) is 0 Å². The summed E-state index contributed by atoms with van der Waals surface area (Å²) < 4.78 is 0. The lowest BCUT2D eigenvalue weighted by Crippen LogP contribution is -2.33. The second-order valence-electron chi connectivity index (χ2n) is 4.68. The SMILES string of the molecule is Nc1ccc(Cl)c(C(=O)N(CCO)Cc2ccccc2)c1. The summed E-state index contributed by atoms with van der Waals surface area (Å²) in [6.45, 7) is 0.530. The van der Waals surface area contributed by atoms with Crippen LogP contribution in [0.2, 0.25) is 5.02 Å². The molecule has 0 atom stereocenters. The first-order chi connectivity index (χ1) is 10.1. The van der Waals surface area contributed by atoms with Crippen molar-refractivity contribution in [3.63, 3.8) is 0 Å². The first-order valence-corrected chi connectivity index (χ1v) is 6.98. The molecular weight excluding hydrogens is 288 g/mol. The number of carbonyl (C=O) groups excluding carboxylic acids is 1. The van der Waals surface area contributed by atoms with Crippen LogP contribution in [0.1, 0.15) is 15.9 Å². The predicted molar refractivity (Wildman–Crippen MR) is 84.1 cm³/mol. The number of benzene rings is 2. The van der Waals surface area contributed by atoms with Crippen LogP contribution in [0.25, 0.3) is 0 Å². The zero-order chi connectivity index (χ0) is 15.2. The summed E-state index contributed by atoms with van der Waals surface area (Å²) >= 11 is 6.07. The number of aliphatic hydroxyl groups excluding tert-OH is 1. The van der Waals surface area contributed by atoms with Gasteiger partial charge in [-0.25, -0.2) is 0 Å². The van der Waals surface area contributed by atoms with Crippen LogP contribution in [0.5, 0.6) is 0 Å². The van der Waals surface area contributed by atoms with E-state index in [9.17, 15) is 9.90 Å². The summed E-state index contributed by atoms with van der Waals surface area (Å²) in [4.78, 5) is 14.1. The molecule has 0 radical (unpaired) electrons. The van der Waals surface area contributed by atoms with Crippen LogP contribution in [0.3, 0.4) is 0 Å². The van der Waals surface area contributed by atoms with Crippen molar-refractivity contribution in [3.05, 3.63) is 64.7 Å². The zero-order valence-corrected chi connectivity index (χ0v) is 12.3. The van der Waals surface area contributed by atoms with Gasteiger partial charge in [0.2, 0.25) is 0 Å². The maximum Gasteiger partial charge on any atom is 0.255 e. The molecule has 0 saturated carbocycles. The highest BCUT2D eigenvalue weighted by molar-refractivity contribution is 6.34. The Morgan fingerprint density at radius 2 is 1.90 bits per heavy atom. The van der Waals surface area contributed by atoms with E-state index in [2.05, 4.69) is 0 Å². The molecule has 21 heavy (non-hydrogen) atoms. The Morgan fingerprint density at radius 3 is 2.57 bits per heavy atom. The average Bonchev–Trinajstić information content (AvgIpc) is 2.49. The Kier molecular flexibility index (Phi) is 5.20. The van der Waals surface area contributed by atoms with Crippen LogP contribution in [0, 0.1) is 0 Å². The molecule has 0 fully saturated rings. The van der Waals surface area contributed by atoms with Gasteiger partial charge in [-0.2, -0.15) is 0 Å². The van der Waals surface area contributed by atoms with E-state index in [0.717, 1.165) is 5.56 Å². The molecule has 0 saturated heterocycles. The minimum Gasteiger partial charge on any atom is -0.399 e. The fourth-order valence-electron chi connectivity index (χ4n) is 2.05.